The van der Waals surface area contributed by atoms with Gasteiger partial charge >= 0.3 is 0 Å². The van der Waals surface area contributed by atoms with Crippen LogP contribution in [0.4, 0.5) is 15.8 Å². The quantitative estimate of drug-likeness (QED) is 0.601. The van der Waals surface area contributed by atoms with Gasteiger partial charge in [0.25, 0.3) is 0 Å². The van der Waals surface area contributed by atoms with Crippen molar-refractivity contribution in [3.05, 3.63) is 66.2 Å². The maximum absolute atomic E-state index is 13.5. The molecule has 5 nitrogen and oxygen atoms in total. The van der Waals surface area contributed by atoms with Crippen molar-refractivity contribution < 1.29 is 9.18 Å². The van der Waals surface area contributed by atoms with Crippen LogP contribution in [-0.4, -0.2) is 34.3 Å². The lowest BCUT2D eigenvalue weighted by Crippen LogP contribution is -2.18. The second-order valence-corrected chi connectivity index (χ2v) is 8.03. The molecule has 150 valence electrons. The highest BCUT2D eigenvalue weighted by atomic mass is 32.2. The van der Waals surface area contributed by atoms with E-state index in [1.807, 2.05) is 13.0 Å². The molecule has 3 aromatic rings. The van der Waals surface area contributed by atoms with Crippen molar-refractivity contribution >= 4 is 29.0 Å². The highest BCUT2D eigenvalue weighted by Gasteiger charge is 2.14. The van der Waals surface area contributed by atoms with Gasteiger partial charge in [-0.3, -0.25) is 9.36 Å². The number of nitrogens with zero attached hydrogens (tertiary/aromatic N) is 3. The monoisotopic (exact) mass is 410 g/mol. The summed E-state index contributed by atoms with van der Waals surface area (Å²) < 4.78 is 15.3. The van der Waals surface area contributed by atoms with E-state index in [0.29, 0.717) is 10.8 Å². The molecule has 1 aliphatic heterocycles. The third-order valence-electron chi connectivity index (χ3n) is 4.98. The molecular formula is C22H23FN4OS. The van der Waals surface area contributed by atoms with Gasteiger partial charge in [-0.15, -0.1) is 0 Å². The average molecular weight is 411 g/mol. The maximum Gasteiger partial charge on any atom is 0.234 e. The van der Waals surface area contributed by atoms with Crippen molar-refractivity contribution in [3.8, 4) is 5.69 Å². The molecule has 0 unspecified atom stereocenters. The molecule has 7 heteroatoms. The first-order valence-electron chi connectivity index (χ1n) is 9.68. The fraction of sp³-hybridized carbons (Fsp3) is 0.273. The first kappa shape index (κ1) is 19.5. The molecule has 0 saturated carbocycles. The van der Waals surface area contributed by atoms with Gasteiger partial charge in [-0.05, 0) is 61.7 Å². The van der Waals surface area contributed by atoms with E-state index < -0.39 is 0 Å². The topological polar surface area (TPSA) is 50.2 Å². The van der Waals surface area contributed by atoms with E-state index in [0.717, 1.165) is 24.3 Å². The number of benzene rings is 2. The van der Waals surface area contributed by atoms with Crippen molar-refractivity contribution in [1.29, 1.82) is 0 Å². The maximum atomic E-state index is 13.5. The van der Waals surface area contributed by atoms with Gasteiger partial charge in [-0.1, -0.05) is 17.8 Å². The molecule has 1 fully saturated rings. The third kappa shape index (κ3) is 4.62. The number of imidazole rings is 1. The van der Waals surface area contributed by atoms with Gasteiger partial charge in [0.05, 0.1) is 11.4 Å². The highest BCUT2D eigenvalue weighted by molar-refractivity contribution is 7.99. The van der Waals surface area contributed by atoms with Gasteiger partial charge < -0.3 is 10.2 Å². The Balaban J connectivity index is 1.38. The zero-order valence-corrected chi connectivity index (χ0v) is 17.1. The molecule has 1 amide bonds. The fourth-order valence-corrected chi connectivity index (χ4v) is 4.27. The Labute approximate surface area is 173 Å². The van der Waals surface area contributed by atoms with Crippen molar-refractivity contribution in [3.63, 3.8) is 0 Å². The number of hydrogen-bond donors (Lipinski definition) is 1. The summed E-state index contributed by atoms with van der Waals surface area (Å²) in [5, 5.41) is 3.63. The molecule has 29 heavy (non-hydrogen) atoms. The molecule has 0 aliphatic carbocycles. The van der Waals surface area contributed by atoms with Crippen LogP contribution in [0.15, 0.2) is 60.0 Å². The van der Waals surface area contributed by atoms with Gasteiger partial charge in [0.15, 0.2) is 5.16 Å². The highest BCUT2D eigenvalue weighted by Crippen LogP contribution is 2.26. The van der Waals surface area contributed by atoms with Crippen LogP contribution in [0, 0.1) is 12.7 Å². The molecule has 2 heterocycles. The van der Waals surface area contributed by atoms with Gasteiger partial charge in [-0.25, -0.2) is 9.37 Å². The predicted octanol–water partition coefficient (Wildman–Crippen LogP) is 4.65. The summed E-state index contributed by atoms with van der Waals surface area (Å²) in [5.74, 6) is -0.182. The third-order valence-corrected chi connectivity index (χ3v) is 5.95. The lowest BCUT2D eigenvalue weighted by Gasteiger charge is -2.19. The molecule has 1 aliphatic rings. The number of anilines is 2. The van der Waals surface area contributed by atoms with Crippen LogP contribution < -0.4 is 10.2 Å². The van der Waals surface area contributed by atoms with Crippen LogP contribution in [0.25, 0.3) is 5.69 Å². The van der Waals surface area contributed by atoms with Crippen LogP contribution in [0.3, 0.4) is 0 Å². The van der Waals surface area contributed by atoms with E-state index in [9.17, 15) is 9.18 Å². The van der Waals surface area contributed by atoms with Crippen molar-refractivity contribution in [2.45, 2.75) is 24.9 Å². The summed E-state index contributed by atoms with van der Waals surface area (Å²) in [6.07, 6.45) is 5.88. The molecule has 0 bridgehead atoms. The van der Waals surface area contributed by atoms with Crippen LogP contribution in [0.5, 0.6) is 0 Å². The Morgan fingerprint density at radius 1 is 1.17 bits per heavy atom. The van der Waals surface area contributed by atoms with E-state index in [4.69, 9.17) is 0 Å². The van der Waals surface area contributed by atoms with Crippen molar-refractivity contribution in [2.24, 2.45) is 0 Å². The zero-order chi connectivity index (χ0) is 20.2. The number of nitrogens with one attached hydrogen (secondary N) is 1. The van der Waals surface area contributed by atoms with Gasteiger partial charge in [0.2, 0.25) is 5.91 Å². The number of amides is 1. The van der Waals surface area contributed by atoms with Gasteiger partial charge in [-0.2, -0.15) is 0 Å². The number of aryl methyl sites for hydroxylation is 1. The number of aromatic nitrogens is 2. The Kier molecular flexibility index (Phi) is 5.85. The summed E-state index contributed by atoms with van der Waals surface area (Å²) in [5.41, 5.74) is 3.77. The van der Waals surface area contributed by atoms with E-state index in [2.05, 4.69) is 27.3 Å². The summed E-state index contributed by atoms with van der Waals surface area (Å²) in [6.45, 7) is 4.21. The number of halogens is 1. The summed E-state index contributed by atoms with van der Waals surface area (Å²) in [7, 11) is 0. The lowest BCUT2D eigenvalue weighted by molar-refractivity contribution is -0.113. The van der Waals surface area contributed by atoms with Gasteiger partial charge in [0, 0.05) is 36.9 Å². The molecule has 1 saturated heterocycles. The number of carbonyl (C=O) groups is 1. The number of hydrogen-bond acceptors (Lipinski definition) is 4. The standard InChI is InChI=1S/C22H23FN4OS/c1-16-13-18(26-10-2-3-11-26)7-8-20(16)25-21(28)15-29-22-24-9-12-27(22)19-6-4-5-17(23)14-19/h4-9,12-14H,2-3,10-11,15H2,1H3,(H,25,28). The largest absolute Gasteiger partial charge is 0.372 e. The second-order valence-electron chi connectivity index (χ2n) is 7.09. The molecule has 0 atom stereocenters. The summed E-state index contributed by atoms with van der Waals surface area (Å²) >= 11 is 1.32. The molecule has 1 N–H and O–H groups in total. The Bertz CT molecular complexity index is 1010. The van der Waals surface area contributed by atoms with E-state index >= 15 is 0 Å². The second kappa shape index (κ2) is 8.69. The predicted molar refractivity (Wildman–Crippen MR) is 116 cm³/mol. The number of carbonyl (C=O) groups excluding carboxylic acids is 1. The van der Waals surface area contributed by atoms with Crippen LogP contribution in [0.2, 0.25) is 0 Å². The molecule has 1 aromatic heterocycles. The fourth-order valence-electron chi connectivity index (χ4n) is 3.50. The van der Waals surface area contributed by atoms with Crippen LogP contribution in [0.1, 0.15) is 18.4 Å². The minimum Gasteiger partial charge on any atom is -0.372 e. The molecular weight excluding hydrogens is 387 g/mol. The Hall–Kier alpha value is -2.80. The van der Waals surface area contributed by atoms with E-state index in [1.54, 1.807) is 29.1 Å². The first-order chi connectivity index (χ1) is 14.1. The average Bonchev–Trinajstić information content (AvgIpc) is 3.40. The van der Waals surface area contributed by atoms with Crippen LogP contribution in [-0.2, 0) is 4.79 Å². The summed E-state index contributed by atoms with van der Waals surface area (Å²) in [6, 6.07) is 12.5. The number of thioether (sulfide) groups is 1. The minimum atomic E-state index is -0.308. The first-order valence-corrected chi connectivity index (χ1v) is 10.7. The number of rotatable bonds is 6. The normalized spacial score (nSPS) is 13.7. The molecule has 0 radical (unpaired) electrons. The van der Waals surface area contributed by atoms with Crippen LogP contribution >= 0.6 is 11.8 Å². The van der Waals surface area contributed by atoms with E-state index in [1.165, 1.54) is 42.4 Å². The van der Waals surface area contributed by atoms with Gasteiger partial charge in [0.1, 0.15) is 5.82 Å². The molecule has 4 rings (SSSR count). The summed E-state index contributed by atoms with van der Waals surface area (Å²) in [4.78, 5) is 19.1. The van der Waals surface area contributed by atoms with Crippen molar-refractivity contribution in [2.75, 3.05) is 29.1 Å². The Morgan fingerprint density at radius 3 is 2.76 bits per heavy atom. The molecule has 0 spiro atoms. The van der Waals surface area contributed by atoms with Crippen molar-refractivity contribution in [1.82, 2.24) is 9.55 Å². The minimum absolute atomic E-state index is 0.0965. The lowest BCUT2D eigenvalue weighted by atomic mass is 10.1. The smallest absolute Gasteiger partial charge is 0.234 e. The Morgan fingerprint density at radius 2 is 2.00 bits per heavy atom. The zero-order valence-electron chi connectivity index (χ0n) is 16.3. The van der Waals surface area contributed by atoms with E-state index in [-0.39, 0.29) is 17.5 Å². The SMILES string of the molecule is Cc1cc(N2CCCC2)ccc1NC(=O)CSc1nccn1-c1cccc(F)c1. The molecule has 2 aromatic carbocycles.